The molecule has 0 saturated carbocycles. The highest BCUT2D eigenvalue weighted by molar-refractivity contribution is 7.90. The molecule has 0 atom stereocenters. The van der Waals surface area contributed by atoms with E-state index in [9.17, 15) is 8.42 Å². The van der Waals surface area contributed by atoms with Crippen molar-refractivity contribution in [2.45, 2.75) is 18.7 Å². The predicted molar refractivity (Wildman–Crippen MR) is 106 cm³/mol. The molecule has 0 spiro atoms. The summed E-state index contributed by atoms with van der Waals surface area (Å²) in [6, 6.07) is 10.3. The number of H-pyrrole nitrogens is 1. The molecule has 0 unspecified atom stereocenters. The molecule has 0 amide bonds. The average Bonchev–Trinajstić information content (AvgIpc) is 3.29. The van der Waals surface area contributed by atoms with Gasteiger partial charge in [0.15, 0.2) is 5.65 Å². The van der Waals surface area contributed by atoms with Gasteiger partial charge in [0.1, 0.15) is 0 Å². The van der Waals surface area contributed by atoms with Crippen LogP contribution in [0.2, 0.25) is 0 Å². The molecule has 3 heterocycles. The van der Waals surface area contributed by atoms with Gasteiger partial charge in [0.25, 0.3) is 10.0 Å². The second kappa shape index (κ2) is 6.51. The quantitative estimate of drug-likeness (QED) is 0.580. The van der Waals surface area contributed by atoms with E-state index in [0.29, 0.717) is 5.65 Å². The van der Waals surface area contributed by atoms with Crippen molar-refractivity contribution in [3.05, 3.63) is 72.3 Å². The first kappa shape index (κ1) is 17.2. The first-order chi connectivity index (χ1) is 13.0. The Morgan fingerprint density at radius 2 is 1.93 bits per heavy atom. The highest BCUT2D eigenvalue weighted by atomic mass is 32.2. The van der Waals surface area contributed by atoms with Gasteiger partial charge in [-0.1, -0.05) is 29.8 Å². The lowest BCUT2D eigenvalue weighted by Gasteiger charge is -2.06. The standard InChI is InChI=1S/C20H18N4O2S/c1-14(2)8-15-9-18-19(16-11-22-23-12-16)13-24(20(18)21-10-15)27(25,26)17-6-4-3-5-7-17/h3-13H,1-2H3,(H,22,23). The van der Waals surface area contributed by atoms with E-state index in [1.165, 1.54) is 3.97 Å². The third kappa shape index (κ3) is 3.06. The van der Waals surface area contributed by atoms with Gasteiger partial charge in [0, 0.05) is 35.1 Å². The molecule has 1 aromatic carbocycles. The van der Waals surface area contributed by atoms with Gasteiger partial charge in [0.2, 0.25) is 0 Å². The first-order valence-electron chi connectivity index (χ1n) is 8.42. The number of hydrogen-bond donors (Lipinski definition) is 1. The van der Waals surface area contributed by atoms with Crippen LogP contribution in [0, 0.1) is 0 Å². The maximum absolute atomic E-state index is 13.2. The van der Waals surface area contributed by atoms with Crippen molar-refractivity contribution in [2.24, 2.45) is 0 Å². The van der Waals surface area contributed by atoms with Crippen LogP contribution in [0.25, 0.3) is 28.2 Å². The fourth-order valence-corrected chi connectivity index (χ4v) is 4.37. The Morgan fingerprint density at radius 1 is 1.15 bits per heavy atom. The van der Waals surface area contributed by atoms with Crippen LogP contribution in [0.3, 0.4) is 0 Å². The van der Waals surface area contributed by atoms with Gasteiger partial charge in [-0.15, -0.1) is 0 Å². The highest BCUT2D eigenvalue weighted by Crippen LogP contribution is 2.32. The minimum Gasteiger partial charge on any atom is -0.285 e. The molecule has 136 valence electrons. The number of fused-ring (bicyclic) bond motifs is 1. The van der Waals surface area contributed by atoms with Gasteiger partial charge < -0.3 is 0 Å². The lowest BCUT2D eigenvalue weighted by molar-refractivity contribution is 0.589. The molecular weight excluding hydrogens is 360 g/mol. The van der Waals surface area contributed by atoms with Gasteiger partial charge >= 0.3 is 0 Å². The molecule has 0 aliphatic rings. The number of aromatic amines is 1. The van der Waals surface area contributed by atoms with Crippen molar-refractivity contribution in [2.75, 3.05) is 0 Å². The maximum atomic E-state index is 13.2. The summed E-state index contributed by atoms with van der Waals surface area (Å²) in [4.78, 5) is 4.68. The normalized spacial score (nSPS) is 11.6. The Kier molecular flexibility index (Phi) is 4.16. The largest absolute Gasteiger partial charge is 0.285 e. The van der Waals surface area contributed by atoms with Crippen LogP contribution in [0.5, 0.6) is 0 Å². The van der Waals surface area contributed by atoms with Crippen LogP contribution < -0.4 is 0 Å². The number of allylic oxidation sites excluding steroid dienone is 1. The molecule has 0 bridgehead atoms. The van der Waals surface area contributed by atoms with E-state index >= 15 is 0 Å². The second-order valence-electron chi connectivity index (χ2n) is 6.51. The topological polar surface area (TPSA) is 80.6 Å². The number of pyridine rings is 1. The minimum atomic E-state index is -3.76. The Balaban J connectivity index is 2.01. The Bertz CT molecular complexity index is 1230. The first-order valence-corrected chi connectivity index (χ1v) is 9.86. The summed E-state index contributed by atoms with van der Waals surface area (Å²) in [5.74, 6) is 0. The van der Waals surface area contributed by atoms with E-state index in [-0.39, 0.29) is 4.90 Å². The summed E-state index contributed by atoms with van der Waals surface area (Å²) in [7, 11) is -3.76. The van der Waals surface area contributed by atoms with Crippen molar-refractivity contribution in [3.8, 4) is 11.1 Å². The molecule has 0 aliphatic heterocycles. The number of benzene rings is 1. The van der Waals surface area contributed by atoms with Crippen molar-refractivity contribution < 1.29 is 8.42 Å². The number of hydrogen-bond acceptors (Lipinski definition) is 4. The summed E-state index contributed by atoms with van der Waals surface area (Å²) in [5.41, 5.74) is 4.01. The molecule has 3 aromatic heterocycles. The number of rotatable bonds is 4. The Hall–Kier alpha value is -3.19. The molecule has 1 N–H and O–H groups in total. The third-order valence-electron chi connectivity index (χ3n) is 4.20. The number of nitrogens with one attached hydrogen (secondary N) is 1. The smallest absolute Gasteiger partial charge is 0.269 e. The molecule has 0 saturated heterocycles. The molecule has 4 rings (SSSR count). The van der Waals surface area contributed by atoms with Crippen LogP contribution in [0.1, 0.15) is 19.4 Å². The van der Waals surface area contributed by atoms with Crippen molar-refractivity contribution in [3.63, 3.8) is 0 Å². The second-order valence-corrected chi connectivity index (χ2v) is 8.32. The summed E-state index contributed by atoms with van der Waals surface area (Å²) in [5, 5.41) is 7.52. The molecule has 0 radical (unpaired) electrons. The fourth-order valence-electron chi connectivity index (χ4n) is 3.03. The molecule has 0 aliphatic carbocycles. The molecular formula is C20H18N4O2S. The highest BCUT2D eigenvalue weighted by Gasteiger charge is 2.23. The molecule has 6 nitrogen and oxygen atoms in total. The summed E-state index contributed by atoms with van der Waals surface area (Å²) >= 11 is 0. The fraction of sp³-hybridized carbons (Fsp3) is 0.100. The number of nitrogens with zero attached hydrogens (tertiary/aromatic N) is 3. The lowest BCUT2D eigenvalue weighted by atomic mass is 10.1. The van der Waals surface area contributed by atoms with Gasteiger partial charge in [-0.2, -0.15) is 5.10 Å². The summed E-state index contributed by atoms with van der Waals surface area (Å²) in [6.45, 7) is 4.01. The maximum Gasteiger partial charge on any atom is 0.269 e. The van der Waals surface area contributed by atoms with Crippen molar-refractivity contribution >= 4 is 27.1 Å². The average molecular weight is 378 g/mol. The van der Waals surface area contributed by atoms with Crippen LogP contribution in [0.15, 0.2) is 71.7 Å². The zero-order valence-corrected chi connectivity index (χ0v) is 15.7. The summed E-state index contributed by atoms with van der Waals surface area (Å²) in [6.07, 6.45) is 8.71. The predicted octanol–water partition coefficient (Wildman–Crippen LogP) is 4.09. The molecule has 27 heavy (non-hydrogen) atoms. The van der Waals surface area contributed by atoms with Crippen molar-refractivity contribution in [1.29, 1.82) is 0 Å². The van der Waals surface area contributed by atoms with Crippen molar-refractivity contribution in [1.82, 2.24) is 19.2 Å². The summed E-state index contributed by atoms with van der Waals surface area (Å²) < 4.78 is 27.6. The minimum absolute atomic E-state index is 0.218. The van der Waals surface area contributed by atoms with Gasteiger partial charge in [0.05, 0.1) is 11.1 Å². The van der Waals surface area contributed by atoms with E-state index in [1.54, 1.807) is 55.1 Å². The monoisotopic (exact) mass is 378 g/mol. The van der Waals surface area contributed by atoms with Gasteiger partial charge in [-0.3, -0.25) is 5.10 Å². The SMILES string of the molecule is CC(C)=Cc1cnc2c(c1)c(-c1cn[nH]c1)cn2S(=O)(=O)c1ccccc1. The van der Waals surface area contributed by atoms with E-state index in [4.69, 9.17) is 0 Å². The third-order valence-corrected chi connectivity index (χ3v) is 5.86. The van der Waals surface area contributed by atoms with E-state index < -0.39 is 10.0 Å². The van der Waals surface area contributed by atoms with Gasteiger partial charge in [-0.25, -0.2) is 17.4 Å². The van der Waals surface area contributed by atoms with Gasteiger partial charge in [-0.05, 0) is 37.6 Å². The van der Waals surface area contributed by atoms with E-state index in [0.717, 1.165) is 27.6 Å². The van der Waals surface area contributed by atoms with E-state index in [1.807, 2.05) is 26.0 Å². The van der Waals surface area contributed by atoms with Crippen LogP contribution in [-0.4, -0.2) is 27.6 Å². The van der Waals surface area contributed by atoms with E-state index in [2.05, 4.69) is 15.2 Å². The number of aromatic nitrogens is 4. The Morgan fingerprint density at radius 3 is 2.59 bits per heavy atom. The van der Waals surface area contributed by atoms with Crippen LogP contribution >= 0.6 is 0 Å². The zero-order chi connectivity index (χ0) is 19.0. The van der Waals surface area contributed by atoms with Crippen LogP contribution in [-0.2, 0) is 10.0 Å². The molecule has 4 aromatic rings. The Labute approximate surface area is 157 Å². The zero-order valence-electron chi connectivity index (χ0n) is 14.9. The molecule has 7 heteroatoms. The lowest BCUT2D eigenvalue weighted by Crippen LogP contribution is -2.12. The molecule has 0 fully saturated rings. The van der Waals surface area contributed by atoms with Crippen LogP contribution in [0.4, 0.5) is 0 Å².